The smallest absolute Gasteiger partial charge is 0.314 e. The maximum Gasteiger partial charge on any atom is 0.314 e. The summed E-state index contributed by atoms with van der Waals surface area (Å²) in [6, 6.07) is 13.8. The molecule has 1 aliphatic heterocycles. The number of hydrogen-bond acceptors (Lipinski definition) is 7. The molecule has 1 unspecified atom stereocenters. The van der Waals surface area contributed by atoms with Crippen molar-refractivity contribution < 1.29 is 14.6 Å². The van der Waals surface area contributed by atoms with E-state index >= 15 is 0 Å². The lowest BCUT2D eigenvalue weighted by atomic mass is 10.0. The van der Waals surface area contributed by atoms with Crippen molar-refractivity contribution in [3.8, 4) is 33.0 Å². The molecule has 0 bridgehead atoms. The van der Waals surface area contributed by atoms with Crippen LogP contribution in [-0.2, 0) is 12.8 Å². The lowest BCUT2D eigenvalue weighted by molar-refractivity contribution is 0.175. The average molecular weight is 522 g/mol. The number of nitrogens with zero attached hydrogens (tertiary/aromatic N) is 4. The minimum Gasteiger partial charge on any atom is -0.490 e. The Balaban J connectivity index is 0.000000291. The van der Waals surface area contributed by atoms with Crippen LogP contribution < -0.4 is 10.5 Å². The number of primary amides is 1. The Morgan fingerprint density at radius 3 is 2.59 bits per heavy atom. The molecule has 2 aliphatic rings. The van der Waals surface area contributed by atoms with Crippen molar-refractivity contribution in [2.24, 2.45) is 5.73 Å². The van der Waals surface area contributed by atoms with E-state index in [9.17, 15) is 10.1 Å². The molecule has 1 saturated heterocycles. The number of carbonyl (C=O) groups is 1. The van der Waals surface area contributed by atoms with E-state index in [2.05, 4.69) is 34.5 Å². The molecule has 9 heteroatoms. The molecule has 2 amide bonds. The minimum absolute atomic E-state index is 0.0289. The van der Waals surface area contributed by atoms with Crippen molar-refractivity contribution in [3.63, 3.8) is 0 Å². The van der Waals surface area contributed by atoms with Gasteiger partial charge in [0, 0.05) is 24.2 Å². The van der Waals surface area contributed by atoms with Crippen molar-refractivity contribution in [2.75, 3.05) is 13.1 Å². The van der Waals surface area contributed by atoms with Gasteiger partial charge in [-0.2, -0.15) is 5.26 Å². The van der Waals surface area contributed by atoms with Crippen LogP contribution in [0.3, 0.4) is 0 Å². The van der Waals surface area contributed by atoms with E-state index in [1.165, 1.54) is 28.0 Å². The van der Waals surface area contributed by atoms with Gasteiger partial charge in [0.2, 0.25) is 0 Å². The predicted octanol–water partition coefficient (Wildman–Crippen LogP) is 5.18. The number of amides is 2. The van der Waals surface area contributed by atoms with E-state index in [-0.39, 0.29) is 12.2 Å². The molecule has 1 atom stereocenters. The second kappa shape index (κ2) is 13.2. The fourth-order valence-electron chi connectivity index (χ4n) is 4.32. The summed E-state index contributed by atoms with van der Waals surface area (Å²) in [5.41, 5.74) is 10.4. The summed E-state index contributed by atoms with van der Waals surface area (Å²) in [4.78, 5) is 11.8. The van der Waals surface area contributed by atoms with Gasteiger partial charge in [0.05, 0.1) is 17.8 Å². The van der Waals surface area contributed by atoms with Crippen LogP contribution in [0.4, 0.5) is 4.79 Å². The molecule has 3 aromatic rings. The Morgan fingerprint density at radius 2 is 1.97 bits per heavy atom. The molecular formula is C28H35N5O3S. The first-order valence-electron chi connectivity index (χ1n) is 12.7. The minimum atomic E-state index is -0.438. The van der Waals surface area contributed by atoms with Crippen LogP contribution in [0, 0.1) is 11.3 Å². The summed E-state index contributed by atoms with van der Waals surface area (Å²) in [5, 5.41) is 28.9. The molecule has 2 heterocycles. The monoisotopic (exact) mass is 521 g/mol. The Hall–Kier alpha value is -3.48. The Kier molecular flexibility index (Phi) is 10.0. The molecule has 1 fully saturated rings. The van der Waals surface area contributed by atoms with Gasteiger partial charge in [0.25, 0.3) is 0 Å². The number of aliphatic hydroxyl groups is 1. The first-order chi connectivity index (χ1) is 17.9. The topological polar surface area (TPSA) is 125 Å². The number of β-amino-alcohol motifs (C(OH)–C–C–N with tert-alkyl or cyclic N) is 1. The van der Waals surface area contributed by atoms with Gasteiger partial charge in [-0.15, -0.1) is 10.2 Å². The summed E-state index contributed by atoms with van der Waals surface area (Å²) in [6.45, 7) is 8.89. The Morgan fingerprint density at radius 1 is 1.22 bits per heavy atom. The van der Waals surface area contributed by atoms with Crippen LogP contribution in [0.1, 0.15) is 57.2 Å². The normalized spacial score (nSPS) is 15.7. The summed E-state index contributed by atoms with van der Waals surface area (Å²) in [5.74, 6) is 0.608. The van der Waals surface area contributed by atoms with Crippen LogP contribution in [-0.4, -0.2) is 51.5 Å². The number of carbonyl (C=O) groups excluding carboxylic acids is 1. The third-order valence-corrected chi connectivity index (χ3v) is 6.99. The van der Waals surface area contributed by atoms with Crippen molar-refractivity contribution in [1.29, 1.82) is 5.26 Å². The molecule has 0 saturated carbocycles. The summed E-state index contributed by atoms with van der Waals surface area (Å²) in [7, 11) is 0. The number of aliphatic hydroxyl groups excluding tert-OH is 1. The van der Waals surface area contributed by atoms with Gasteiger partial charge >= 0.3 is 6.03 Å². The molecule has 0 spiro atoms. The van der Waals surface area contributed by atoms with Gasteiger partial charge in [-0.25, -0.2) is 4.79 Å². The molecule has 8 nitrogen and oxygen atoms in total. The van der Waals surface area contributed by atoms with Gasteiger partial charge in [-0.1, -0.05) is 43.4 Å². The first kappa shape index (κ1) is 28.1. The lowest BCUT2D eigenvalue weighted by Crippen LogP contribution is -2.34. The summed E-state index contributed by atoms with van der Waals surface area (Å²) < 4.78 is 5.70. The number of urea groups is 1. The third kappa shape index (κ3) is 7.06. The Bertz CT molecular complexity index is 1250. The largest absolute Gasteiger partial charge is 0.490 e. The summed E-state index contributed by atoms with van der Waals surface area (Å²) in [6.07, 6.45) is 3.79. The van der Waals surface area contributed by atoms with Crippen molar-refractivity contribution >= 4 is 17.4 Å². The van der Waals surface area contributed by atoms with Crippen LogP contribution in [0.5, 0.6) is 5.75 Å². The number of aromatic nitrogens is 2. The number of likely N-dealkylation sites (tertiary alicyclic amines) is 1. The fourth-order valence-corrected chi connectivity index (χ4v) is 5.21. The number of nitrogens with two attached hydrogens (primary N) is 1. The zero-order valence-corrected chi connectivity index (χ0v) is 22.7. The van der Waals surface area contributed by atoms with Crippen molar-refractivity contribution in [3.05, 3.63) is 53.1 Å². The second-order valence-electron chi connectivity index (χ2n) is 8.93. The molecule has 196 valence electrons. The van der Waals surface area contributed by atoms with Crippen LogP contribution in [0.25, 0.3) is 21.1 Å². The highest BCUT2D eigenvalue weighted by molar-refractivity contribution is 7.17. The molecule has 0 radical (unpaired) electrons. The molecule has 3 N–H and O–H groups in total. The van der Waals surface area contributed by atoms with E-state index in [1.54, 1.807) is 11.3 Å². The zero-order valence-electron chi connectivity index (χ0n) is 21.9. The highest BCUT2D eigenvalue weighted by Gasteiger charge is 2.22. The summed E-state index contributed by atoms with van der Waals surface area (Å²) >= 11 is 1.57. The highest BCUT2D eigenvalue weighted by Crippen LogP contribution is 2.37. The van der Waals surface area contributed by atoms with Gasteiger partial charge in [0.15, 0.2) is 0 Å². The molecule has 37 heavy (non-hydrogen) atoms. The molecule has 2 aromatic carbocycles. The van der Waals surface area contributed by atoms with Gasteiger partial charge < -0.3 is 20.5 Å². The van der Waals surface area contributed by atoms with Crippen molar-refractivity contribution in [1.82, 2.24) is 15.1 Å². The SMILES string of the molecule is CC.CC(C)Oc1ccc(-c2nnc(-c3cccc4c3CCC4)s2)cc1C#N.NC(=O)N1CCC(O)C1. The number of benzene rings is 2. The molecule has 5 rings (SSSR count). The average Bonchev–Trinajstić information content (AvgIpc) is 3.66. The van der Waals surface area contributed by atoms with Gasteiger partial charge in [-0.05, 0) is 68.9 Å². The maximum atomic E-state index is 10.4. The van der Waals surface area contributed by atoms with Crippen LogP contribution in [0.2, 0.25) is 0 Å². The number of nitriles is 1. The number of fused-ring (bicyclic) bond motifs is 1. The lowest BCUT2D eigenvalue weighted by Gasteiger charge is -2.11. The van der Waals surface area contributed by atoms with Gasteiger partial charge in [0.1, 0.15) is 21.8 Å². The number of hydrogen-bond donors (Lipinski definition) is 2. The van der Waals surface area contributed by atoms with Gasteiger partial charge in [-0.3, -0.25) is 0 Å². The first-order valence-corrected chi connectivity index (χ1v) is 13.6. The number of ether oxygens (including phenoxy) is 1. The van der Waals surface area contributed by atoms with E-state index < -0.39 is 6.03 Å². The fraction of sp³-hybridized carbons (Fsp3) is 0.429. The molecule has 1 aliphatic carbocycles. The van der Waals surface area contributed by atoms with Crippen molar-refractivity contribution in [2.45, 2.75) is 65.6 Å². The van der Waals surface area contributed by atoms with Crippen LogP contribution in [0.15, 0.2) is 36.4 Å². The standard InChI is InChI=1S/C21H19N3OS.C5H10N2O2.C2H6/c1-13(2)25-19-10-9-15(11-16(19)12-22)20-23-24-21(26-20)18-8-4-6-14-5-3-7-17(14)18;6-5(9)7-2-1-4(8)3-7;1-2/h4,6,8-11,13H,3,5,7H2,1-2H3;4,8H,1-3H2,(H2,6,9);1-2H3. The maximum absolute atomic E-state index is 10.4. The third-order valence-electron chi connectivity index (χ3n) is 5.99. The quantitative estimate of drug-likeness (QED) is 0.487. The number of aryl methyl sites for hydroxylation is 1. The number of rotatable bonds is 4. The van der Waals surface area contributed by atoms with E-state index in [0.29, 0.717) is 30.8 Å². The Labute approximate surface area is 222 Å². The van der Waals surface area contributed by atoms with E-state index in [0.717, 1.165) is 28.4 Å². The van der Waals surface area contributed by atoms with E-state index in [1.807, 2.05) is 45.9 Å². The zero-order chi connectivity index (χ0) is 26.9. The molecular weight excluding hydrogens is 486 g/mol. The van der Waals surface area contributed by atoms with Crippen LogP contribution >= 0.6 is 11.3 Å². The van der Waals surface area contributed by atoms with E-state index in [4.69, 9.17) is 15.6 Å². The molecule has 1 aromatic heterocycles. The predicted molar refractivity (Wildman–Crippen MR) is 146 cm³/mol. The second-order valence-corrected chi connectivity index (χ2v) is 9.90. The highest BCUT2D eigenvalue weighted by atomic mass is 32.1.